The number of methoxy groups -OCH3 is 1. The molecule has 1 aromatic heterocycles. The third-order valence-electron chi connectivity index (χ3n) is 7.23. The lowest BCUT2D eigenvalue weighted by Gasteiger charge is -2.48. The number of rotatable bonds is 15. The van der Waals surface area contributed by atoms with Gasteiger partial charge in [0, 0.05) is 17.2 Å². The fourth-order valence-electron chi connectivity index (χ4n) is 5.06. The van der Waals surface area contributed by atoms with Gasteiger partial charge in [-0.1, -0.05) is 29.3 Å². The molecular formula is C31H30Cl2N4O10S. The molecule has 0 spiro atoms. The lowest BCUT2D eigenvalue weighted by Crippen LogP contribution is -2.73. The van der Waals surface area contributed by atoms with E-state index in [0.717, 1.165) is 4.90 Å². The van der Waals surface area contributed by atoms with Crippen LogP contribution in [0.1, 0.15) is 0 Å². The summed E-state index contributed by atoms with van der Waals surface area (Å²) in [7, 11) is -0.179. The Labute approximate surface area is 286 Å². The van der Waals surface area contributed by atoms with Crippen LogP contribution in [0.4, 0.5) is 0 Å². The van der Waals surface area contributed by atoms with E-state index in [1.165, 1.54) is 18.2 Å². The zero-order valence-electron chi connectivity index (χ0n) is 25.4. The SMILES string of the molecule is COCCOCCOCC(=O)N[C@@H]1C(=O)N2C(C(=O)O)=C(/C=C/COc3ccc(Cl)cc3-c3nc4ccc(Cl)cc4c(=O)[nH]3)CS(=O)C12. The van der Waals surface area contributed by atoms with Crippen molar-refractivity contribution in [1.29, 1.82) is 0 Å². The van der Waals surface area contributed by atoms with Crippen molar-refractivity contribution >= 4 is 62.7 Å². The molecule has 0 saturated carbocycles. The van der Waals surface area contributed by atoms with Crippen molar-refractivity contribution in [3.63, 3.8) is 0 Å². The van der Waals surface area contributed by atoms with Gasteiger partial charge in [-0.2, -0.15) is 0 Å². The number of carbonyl (C=O) groups excluding carboxylic acids is 2. The molecule has 2 amide bonds. The van der Waals surface area contributed by atoms with Gasteiger partial charge < -0.3 is 34.4 Å². The second-order valence-corrected chi connectivity index (χ2v) is 12.8. The number of fused-ring (bicyclic) bond motifs is 2. The number of nitrogens with zero attached hydrogens (tertiary/aromatic N) is 2. The second kappa shape index (κ2) is 15.9. The van der Waals surface area contributed by atoms with Gasteiger partial charge in [0.25, 0.3) is 11.5 Å². The molecule has 0 aliphatic carbocycles. The van der Waals surface area contributed by atoms with E-state index in [1.807, 2.05) is 0 Å². The second-order valence-electron chi connectivity index (χ2n) is 10.4. The van der Waals surface area contributed by atoms with Gasteiger partial charge in [0.2, 0.25) is 5.91 Å². The molecular weight excluding hydrogens is 691 g/mol. The Morgan fingerprint density at radius 3 is 2.60 bits per heavy atom. The molecule has 3 N–H and O–H groups in total. The number of nitrogens with one attached hydrogen (secondary N) is 2. The Balaban J connectivity index is 1.24. The predicted molar refractivity (Wildman–Crippen MR) is 176 cm³/mol. The van der Waals surface area contributed by atoms with E-state index in [9.17, 15) is 28.5 Å². The van der Waals surface area contributed by atoms with Crippen molar-refractivity contribution in [3.8, 4) is 17.1 Å². The van der Waals surface area contributed by atoms with Crippen LogP contribution >= 0.6 is 23.2 Å². The van der Waals surface area contributed by atoms with Crippen molar-refractivity contribution in [2.75, 3.05) is 52.5 Å². The van der Waals surface area contributed by atoms with Crippen LogP contribution in [0.3, 0.4) is 0 Å². The van der Waals surface area contributed by atoms with Crippen LogP contribution in [0.2, 0.25) is 10.0 Å². The summed E-state index contributed by atoms with van der Waals surface area (Å²) in [6, 6.07) is 8.35. The zero-order chi connectivity index (χ0) is 34.4. The Bertz CT molecular complexity index is 1880. The van der Waals surface area contributed by atoms with E-state index in [2.05, 4.69) is 15.3 Å². The fraction of sp³-hybridized carbons (Fsp3) is 0.323. The van der Waals surface area contributed by atoms with Crippen LogP contribution in [-0.4, -0.2) is 106 Å². The maximum Gasteiger partial charge on any atom is 0.352 e. The molecule has 3 atom stereocenters. The van der Waals surface area contributed by atoms with E-state index in [1.54, 1.807) is 37.4 Å². The molecule has 3 heterocycles. The lowest BCUT2D eigenvalue weighted by molar-refractivity contribution is -0.151. The molecule has 2 unspecified atom stereocenters. The summed E-state index contributed by atoms with van der Waals surface area (Å²) in [6.07, 6.45) is 2.93. The number of allylic oxidation sites excluding steroid dienone is 1. The number of β-lactam (4-membered cyclic amide) rings is 1. The van der Waals surface area contributed by atoms with Crippen molar-refractivity contribution in [3.05, 3.63) is 80.2 Å². The van der Waals surface area contributed by atoms with E-state index in [0.29, 0.717) is 45.5 Å². The predicted octanol–water partition coefficient (Wildman–Crippen LogP) is 2.27. The molecule has 14 nitrogen and oxygen atoms in total. The number of carboxylic acids is 1. The van der Waals surface area contributed by atoms with Crippen LogP contribution in [0, 0.1) is 0 Å². The number of ether oxygens (including phenoxy) is 4. The average molecular weight is 722 g/mol. The van der Waals surface area contributed by atoms with Gasteiger partial charge in [0.05, 0.1) is 59.4 Å². The minimum atomic E-state index is -1.72. The molecule has 48 heavy (non-hydrogen) atoms. The van der Waals surface area contributed by atoms with Crippen molar-refractivity contribution in [2.45, 2.75) is 11.4 Å². The Hall–Kier alpha value is -4.12. The summed E-state index contributed by atoms with van der Waals surface area (Å²) in [4.78, 5) is 58.4. The van der Waals surface area contributed by atoms with Crippen LogP contribution < -0.4 is 15.6 Å². The smallest absolute Gasteiger partial charge is 0.352 e. The minimum Gasteiger partial charge on any atom is -0.489 e. The Morgan fingerprint density at radius 2 is 1.83 bits per heavy atom. The number of aliphatic carboxylic acids is 1. The standard InChI is InChI=1S/C31H30Cl2N4O10S/c1-44-9-10-45-11-12-46-15-24(38)35-25-29(40)37-26(31(41)42)17(16-48(43)30(25)37)3-2-8-47-23-7-5-19(33)14-21(23)27-34-22-6-4-18(32)13-20(22)28(39)36-27/h2-7,13-14,25,30H,8-12,15-16H2,1H3,(H,35,38)(H,41,42)(H,34,36,39)/b3-2+/t25-,30?,48?/m1/s1. The highest BCUT2D eigenvalue weighted by molar-refractivity contribution is 7.86. The number of aromatic amines is 1. The quantitative estimate of drug-likeness (QED) is 0.154. The molecule has 3 aromatic rings. The normalized spacial score (nSPS) is 19.0. The van der Waals surface area contributed by atoms with Crippen LogP contribution in [-0.2, 0) is 39.4 Å². The number of hydrogen-bond acceptors (Lipinski definition) is 10. The first kappa shape index (κ1) is 35.2. The van der Waals surface area contributed by atoms with Crippen LogP contribution in [0.15, 0.2) is 64.6 Å². The molecule has 1 fully saturated rings. The number of H-pyrrole nitrogens is 1. The molecule has 1 saturated heterocycles. The van der Waals surface area contributed by atoms with Gasteiger partial charge >= 0.3 is 5.97 Å². The molecule has 0 bridgehead atoms. The minimum absolute atomic E-state index is 0.0709. The van der Waals surface area contributed by atoms with E-state index in [-0.39, 0.29) is 49.3 Å². The van der Waals surface area contributed by atoms with Crippen molar-refractivity contribution < 1.29 is 42.6 Å². The lowest BCUT2D eigenvalue weighted by atomic mass is 10.0. The number of hydrogen-bond donors (Lipinski definition) is 3. The first-order valence-corrected chi connectivity index (χ1v) is 16.6. The molecule has 5 rings (SSSR count). The van der Waals surface area contributed by atoms with Gasteiger partial charge in [-0.3, -0.25) is 23.5 Å². The summed E-state index contributed by atoms with van der Waals surface area (Å²) < 4.78 is 34.4. The molecule has 2 aliphatic heterocycles. The monoisotopic (exact) mass is 720 g/mol. The summed E-state index contributed by atoms with van der Waals surface area (Å²) >= 11 is 12.2. The Morgan fingerprint density at radius 1 is 1.10 bits per heavy atom. The van der Waals surface area contributed by atoms with Gasteiger partial charge in [-0.05, 0) is 48.0 Å². The number of benzene rings is 2. The largest absolute Gasteiger partial charge is 0.489 e. The number of carbonyl (C=O) groups is 3. The topological polar surface area (TPSA) is 186 Å². The molecule has 0 radical (unpaired) electrons. The summed E-state index contributed by atoms with van der Waals surface area (Å²) in [5.41, 5.74) is 0.218. The van der Waals surface area contributed by atoms with Crippen molar-refractivity contribution in [1.82, 2.24) is 20.2 Å². The highest BCUT2D eigenvalue weighted by Crippen LogP contribution is 2.35. The summed E-state index contributed by atoms with van der Waals surface area (Å²) in [5.74, 6) is -2.35. The average Bonchev–Trinajstić information content (AvgIpc) is 3.05. The molecule has 2 aromatic carbocycles. The summed E-state index contributed by atoms with van der Waals surface area (Å²) in [5, 5.41) is 12.5. The third-order valence-corrected chi connectivity index (χ3v) is 9.32. The maximum atomic E-state index is 13.1. The number of halogens is 2. The van der Waals surface area contributed by atoms with Gasteiger partial charge in [0.1, 0.15) is 41.9 Å². The van der Waals surface area contributed by atoms with E-state index < -0.39 is 45.6 Å². The van der Waals surface area contributed by atoms with Crippen LogP contribution in [0.5, 0.6) is 5.75 Å². The van der Waals surface area contributed by atoms with Gasteiger partial charge in [0.15, 0.2) is 0 Å². The summed E-state index contributed by atoms with van der Waals surface area (Å²) in [6.45, 7) is 0.752. The zero-order valence-corrected chi connectivity index (χ0v) is 27.7. The fourth-order valence-corrected chi connectivity index (χ4v) is 7.04. The highest BCUT2D eigenvalue weighted by Gasteiger charge is 2.56. The maximum absolute atomic E-state index is 13.1. The number of aromatic nitrogens is 2. The third kappa shape index (κ3) is 7.94. The van der Waals surface area contributed by atoms with E-state index in [4.69, 9.17) is 42.1 Å². The first-order valence-electron chi connectivity index (χ1n) is 14.5. The highest BCUT2D eigenvalue weighted by atomic mass is 35.5. The molecule has 2 aliphatic rings. The number of carboxylic acid groups (broad SMARTS) is 1. The van der Waals surface area contributed by atoms with E-state index >= 15 is 0 Å². The molecule has 254 valence electrons. The van der Waals surface area contributed by atoms with Crippen LogP contribution in [0.25, 0.3) is 22.3 Å². The number of amides is 2. The van der Waals surface area contributed by atoms with Gasteiger partial charge in [-0.25, -0.2) is 9.78 Å². The van der Waals surface area contributed by atoms with Gasteiger partial charge in [-0.15, -0.1) is 0 Å². The van der Waals surface area contributed by atoms with Crippen molar-refractivity contribution in [2.24, 2.45) is 0 Å². The molecule has 17 heteroatoms. The first-order chi connectivity index (χ1) is 23.1. The Kier molecular flexibility index (Phi) is 11.6.